The normalized spacial score (nSPS) is 11.0. The number of hydrogen-bond acceptors (Lipinski definition) is 5. The Hall–Kier alpha value is -1.98. The molecule has 3 aromatic rings. The first-order chi connectivity index (χ1) is 10.2. The molecule has 0 aliphatic rings. The summed E-state index contributed by atoms with van der Waals surface area (Å²) in [5, 5.41) is 6.78. The van der Waals surface area contributed by atoms with E-state index in [-0.39, 0.29) is 0 Å². The molecule has 5 heteroatoms. The van der Waals surface area contributed by atoms with Crippen LogP contribution in [0.5, 0.6) is 0 Å². The highest BCUT2D eigenvalue weighted by atomic mass is 32.1. The molecule has 0 spiro atoms. The summed E-state index contributed by atoms with van der Waals surface area (Å²) in [7, 11) is 0. The number of benzene rings is 1. The molecule has 0 bridgehead atoms. The van der Waals surface area contributed by atoms with Crippen molar-refractivity contribution >= 4 is 27.2 Å². The average Bonchev–Trinajstić information content (AvgIpc) is 2.92. The van der Waals surface area contributed by atoms with Gasteiger partial charge in [-0.25, -0.2) is 9.97 Å². The van der Waals surface area contributed by atoms with Crippen molar-refractivity contribution in [2.45, 2.75) is 19.9 Å². The van der Waals surface area contributed by atoms with Crippen LogP contribution in [-0.2, 0) is 13.0 Å². The Morgan fingerprint density at radius 1 is 1.19 bits per heavy atom. The maximum atomic E-state index is 5.59. The molecule has 0 saturated carbocycles. The van der Waals surface area contributed by atoms with Crippen LogP contribution in [0.25, 0.3) is 10.1 Å². The largest absolute Gasteiger partial charge is 0.366 e. The van der Waals surface area contributed by atoms with Gasteiger partial charge >= 0.3 is 0 Å². The molecule has 0 radical (unpaired) electrons. The van der Waals surface area contributed by atoms with Crippen molar-refractivity contribution in [3.05, 3.63) is 52.8 Å². The van der Waals surface area contributed by atoms with Crippen LogP contribution in [0.15, 0.2) is 35.7 Å². The molecule has 2 heterocycles. The number of rotatable bonds is 5. The van der Waals surface area contributed by atoms with Gasteiger partial charge < -0.3 is 11.1 Å². The third-order valence-corrected chi connectivity index (χ3v) is 4.18. The number of anilines is 1. The molecule has 3 N–H and O–H groups in total. The van der Waals surface area contributed by atoms with Crippen molar-refractivity contribution in [2.24, 2.45) is 5.73 Å². The lowest BCUT2D eigenvalue weighted by Gasteiger charge is -2.08. The van der Waals surface area contributed by atoms with E-state index in [1.54, 1.807) is 11.3 Å². The molecule has 2 aromatic heterocycles. The zero-order valence-corrected chi connectivity index (χ0v) is 12.8. The van der Waals surface area contributed by atoms with Crippen LogP contribution < -0.4 is 11.1 Å². The molecule has 0 atom stereocenters. The number of aromatic nitrogens is 2. The standard InChI is InChI=1S/C16H18N4S/c1-11-19-14(4-6-17)9-16(20-11)18-10-12-2-3-15-13(8-12)5-7-21-15/h2-3,5,7-9H,4,6,10,17H2,1H3,(H,18,19,20). The number of fused-ring (bicyclic) bond motifs is 1. The maximum Gasteiger partial charge on any atom is 0.130 e. The third-order valence-electron chi connectivity index (χ3n) is 3.28. The van der Waals surface area contributed by atoms with E-state index in [1.807, 2.05) is 13.0 Å². The number of nitrogens with zero attached hydrogens (tertiary/aromatic N) is 2. The van der Waals surface area contributed by atoms with Gasteiger partial charge in [-0.15, -0.1) is 11.3 Å². The number of nitrogens with one attached hydrogen (secondary N) is 1. The third kappa shape index (κ3) is 3.37. The SMILES string of the molecule is Cc1nc(CCN)cc(NCc2ccc3sccc3c2)n1. The number of hydrogen-bond donors (Lipinski definition) is 2. The smallest absolute Gasteiger partial charge is 0.130 e. The Morgan fingerprint density at radius 2 is 2.10 bits per heavy atom. The first kappa shape index (κ1) is 14.0. The molecule has 0 amide bonds. The van der Waals surface area contributed by atoms with Gasteiger partial charge in [0.2, 0.25) is 0 Å². The molecular weight excluding hydrogens is 280 g/mol. The highest BCUT2D eigenvalue weighted by Crippen LogP contribution is 2.22. The highest BCUT2D eigenvalue weighted by Gasteiger charge is 2.02. The molecule has 4 nitrogen and oxygen atoms in total. The van der Waals surface area contributed by atoms with Gasteiger partial charge in [-0.1, -0.05) is 6.07 Å². The van der Waals surface area contributed by atoms with Gasteiger partial charge in [-0.2, -0.15) is 0 Å². The molecule has 3 rings (SSSR count). The van der Waals surface area contributed by atoms with Gasteiger partial charge in [0.25, 0.3) is 0 Å². The van der Waals surface area contributed by atoms with Crippen LogP contribution in [0.3, 0.4) is 0 Å². The Bertz CT molecular complexity index is 751. The van der Waals surface area contributed by atoms with Gasteiger partial charge in [0, 0.05) is 29.4 Å². The fourth-order valence-corrected chi connectivity index (χ4v) is 3.09. The topological polar surface area (TPSA) is 63.8 Å². The second-order valence-corrected chi connectivity index (χ2v) is 5.92. The van der Waals surface area contributed by atoms with Crippen LogP contribution in [0.4, 0.5) is 5.82 Å². The Morgan fingerprint density at radius 3 is 2.95 bits per heavy atom. The maximum absolute atomic E-state index is 5.59. The van der Waals surface area contributed by atoms with E-state index in [0.29, 0.717) is 6.54 Å². The minimum Gasteiger partial charge on any atom is -0.366 e. The van der Waals surface area contributed by atoms with E-state index < -0.39 is 0 Å². The summed E-state index contributed by atoms with van der Waals surface area (Å²) in [4.78, 5) is 8.81. The predicted octanol–water partition coefficient (Wildman–Crippen LogP) is 3.11. The lowest BCUT2D eigenvalue weighted by molar-refractivity contribution is 0.886. The van der Waals surface area contributed by atoms with Gasteiger partial charge in [-0.3, -0.25) is 0 Å². The van der Waals surface area contributed by atoms with Gasteiger partial charge in [0.15, 0.2) is 0 Å². The summed E-state index contributed by atoms with van der Waals surface area (Å²) < 4.78 is 1.32. The van der Waals surface area contributed by atoms with Crippen LogP contribution >= 0.6 is 11.3 Å². The monoisotopic (exact) mass is 298 g/mol. The molecule has 108 valence electrons. The van der Waals surface area contributed by atoms with Crippen molar-refractivity contribution in [2.75, 3.05) is 11.9 Å². The molecule has 0 fully saturated rings. The first-order valence-electron chi connectivity index (χ1n) is 6.99. The molecular formula is C16H18N4S. The summed E-state index contributed by atoms with van der Waals surface area (Å²) in [6.45, 7) is 3.26. The van der Waals surface area contributed by atoms with E-state index in [0.717, 1.165) is 30.3 Å². The Balaban J connectivity index is 1.74. The summed E-state index contributed by atoms with van der Waals surface area (Å²) in [5.74, 6) is 1.63. The molecule has 1 aromatic carbocycles. The van der Waals surface area contributed by atoms with Crippen molar-refractivity contribution in [3.63, 3.8) is 0 Å². The molecule has 0 aliphatic carbocycles. The lowest BCUT2D eigenvalue weighted by atomic mass is 10.1. The zero-order chi connectivity index (χ0) is 14.7. The molecule has 0 unspecified atom stereocenters. The molecule has 21 heavy (non-hydrogen) atoms. The van der Waals surface area contributed by atoms with E-state index in [4.69, 9.17) is 5.73 Å². The first-order valence-corrected chi connectivity index (χ1v) is 7.87. The summed E-state index contributed by atoms with van der Waals surface area (Å²) in [5.41, 5.74) is 7.82. The fourth-order valence-electron chi connectivity index (χ4n) is 2.31. The fraction of sp³-hybridized carbons (Fsp3) is 0.250. The van der Waals surface area contributed by atoms with Crippen LogP contribution in [0.1, 0.15) is 17.1 Å². The van der Waals surface area contributed by atoms with Crippen molar-refractivity contribution in [1.29, 1.82) is 0 Å². The lowest BCUT2D eigenvalue weighted by Crippen LogP contribution is -2.08. The second kappa shape index (κ2) is 6.20. The Kier molecular flexibility index (Phi) is 4.13. The summed E-state index contributed by atoms with van der Waals surface area (Å²) in [6, 6.07) is 10.7. The zero-order valence-electron chi connectivity index (χ0n) is 12.0. The number of aryl methyl sites for hydroxylation is 1. The van der Waals surface area contributed by atoms with E-state index >= 15 is 0 Å². The van der Waals surface area contributed by atoms with Gasteiger partial charge in [0.1, 0.15) is 11.6 Å². The number of thiophene rings is 1. The average molecular weight is 298 g/mol. The van der Waals surface area contributed by atoms with Crippen molar-refractivity contribution in [3.8, 4) is 0 Å². The Labute approximate surface area is 128 Å². The molecule has 0 saturated heterocycles. The van der Waals surface area contributed by atoms with Crippen LogP contribution in [-0.4, -0.2) is 16.5 Å². The molecule has 0 aliphatic heterocycles. The quantitative estimate of drug-likeness (QED) is 0.759. The van der Waals surface area contributed by atoms with E-state index in [9.17, 15) is 0 Å². The minimum atomic E-state index is 0.602. The van der Waals surface area contributed by atoms with Crippen LogP contribution in [0.2, 0.25) is 0 Å². The van der Waals surface area contributed by atoms with Gasteiger partial charge in [-0.05, 0) is 48.0 Å². The summed E-state index contributed by atoms with van der Waals surface area (Å²) in [6.07, 6.45) is 0.777. The van der Waals surface area contributed by atoms with E-state index in [2.05, 4.69) is 44.9 Å². The van der Waals surface area contributed by atoms with Crippen molar-refractivity contribution < 1.29 is 0 Å². The van der Waals surface area contributed by atoms with Crippen LogP contribution in [0, 0.1) is 6.92 Å². The highest BCUT2D eigenvalue weighted by molar-refractivity contribution is 7.17. The second-order valence-electron chi connectivity index (χ2n) is 4.98. The van der Waals surface area contributed by atoms with E-state index in [1.165, 1.54) is 15.6 Å². The number of nitrogens with two attached hydrogens (primary N) is 1. The minimum absolute atomic E-state index is 0.602. The van der Waals surface area contributed by atoms with Gasteiger partial charge in [0.05, 0.1) is 0 Å². The predicted molar refractivity (Wildman–Crippen MR) is 88.7 cm³/mol. The summed E-state index contributed by atoms with van der Waals surface area (Å²) >= 11 is 1.77. The van der Waals surface area contributed by atoms with Crippen molar-refractivity contribution in [1.82, 2.24) is 9.97 Å².